The smallest absolute Gasteiger partial charge is 0.237 e. The molecular weight excluding hydrogens is 351 g/mol. The van der Waals surface area contributed by atoms with Gasteiger partial charge in [-0.25, -0.2) is 0 Å². The minimum Gasteiger partial charge on any atom is -0.341 e. The van der Waals surface area contributed by atoms with Crippen LogP contribution < -0.4 is 5.32 Å². The lowest BCUT2D eigenvalue weighted by Gasteiger charge is -2.22. The zero-order valence-electron chi connectivity index (χ0n) is 12.6. The quantitative estimate of drug-likeness (QED) is 0.858. The third-order valence-electron chi connectivity index (χ3n) is 4.79. The highest BCUT2D eigenvalue weighted by Crippen LogP contribution is 2.46. The topological polar surface area (TPSA) is 78.1 Å². The van der Waals surface area contributed by atoms with Gasteiger partial charge < -0.3 is 10.2 Å². The number of hydrogen-bond donors (Lipinski definition) is 2. The fraction of sp³-hybridized carbons (Fsp3) is 0.312. The van der Waals surface area contributed by atoms with Gasteiger partial charge in [0.05, 0.1) is 28.1 Å². The second-order valence-electron chi connectivity index (χ2n) is 6.20. The number of likely N-dealkylation sites (tertiary alicyclic amines) is 1. The maximum Gasteiger partial charge on any atom is 0.237 e. The van der Waals surface area contributed by atoms with Gasteiger partial charge in [0.15, 0.2) is 0 Å². The third kappa shape index (κ3) is 2.29. The Morgan fingerprint density at radius 1 is 1.33 bits per heavy atom. The van der Waals surface area contributed by atoms with Crippen molar-refractivity contribution in [3.05, 3.63) is 45.7 Å². The number of anilines is 1. The molecule has 0 saturated carbocycles. The lowest BCUT2D eigenvalue weighted by atomic mass is 9.81. The number of carbonyl (C=O) groups is 2. The Bertz CT molecular complexity index is 837. The number of nitrogens with zero attached hydrogens (tertiary/aromatic N) is 2. The first-order valence-corrected chi connectivity index (χ1v) is 8.31. The monoisotopic (exact) mass is 364 g/mol. The summed E-state index contributed by atoms with van der Waals surface area (Å²) in [7, 11) is 0. The van der Waals surface area contributed by atoms with Crippen molar-refractivity contribution in [2.45, 2.75) is 18.3 Å². The minimum atomic E-state index is -0.740. The fourth-order valence-electron chi connectivity index (χ4n) is 3.50. The molecule has 6 nitrogen and oxygen atoms in total. The fourth-order valence-corrected chi connectivity index (χ4v) is 3.83. The van der Waals surface area contributed by atoms with E-state index >= 15 is 0 Å². The molecular formula is C16H14Cl2N4O2. The van der Waals surface area contributed by atoms with Gasteiger partial charge in [0.2, 0.25) is 11.8 Å². The molecule has 2 amide bonds. The van der Waals surface area contributed by atoms with E-state index in [1.165, 1.54) is 0 Å². The normalized spacial score (nSPS) is 22.1. The van der Waals surface area contributed by atoms with E-state index in [2.05, 4.69) is 15.5 Å². The molecule has 1 atom stereocenters. The molecule has 24 heavy (non-hydrogen) atoms. The highest BCUT2D eigenvalue weighted by molar-refractivity contribution is 6.42. The number of hydrogen-bond acceptors (Lipinski definition) is 3. The summed E-state index contributed by atoms with van der Waals surface area (Å²) in [5.74, 6) is -0.121. The largest absolute Gasteiger partial charge is 0.341 e. The van der Waals surface area contributed by atoms with Crippen LogP contribution in [0, 0.1) is 0 Å². The molecule has 1 saturated heterocycles. The van der Waals surface area contributed by atoms with Crippen LogP contribution in [0.15, 0.2) is 24.5 Å². The molecule has 0 unspecified atom stereocenters. The molecule has 0 aliphatic carbocycles. The molecule has 0 bridgehead atoms. The van der Waals surface area contributed by atoms with E-state index < -0.39 is 5.41 Å². The maximum absolute atomic E-state index is 12.6. The molecule has 1 fully saturated rings. The van der Waals surface area contributed by atoms with Gasteiger partial charge in [0, 0.05) is 25.0 Å². The van der Waals surface area contributed by atoms with E-state index in [9.17, 15) is 9.59 Å². The van der Waals surface area contributed by atoms with Gasteiger partial charge in [-0.3, -0.25) is 14.7 Å². The molecule has 4 rings (SSSR count). The second-order valence-corrected chi connectivity index (χ2v) is 7.01. The number of H-pyrrole nitrogens is 1. The van der Waals surface area contributed by atoms with Crippen LogP contribution in [0.3, 0.4) is 0 Å². The SMILES string of the molecule is O=C(Cc1cn[nH]c1)N1CC[C@]2(C1)C(=O)Nc1cc(Cl)c(Cl)cc12. The van der Waals surface area contributed by atoms with Crippen LogP contribution >= 0.6 is 23.2 Å². The Morgan fingerprint density at radius 3 is 2.88 bits per heavy atom. The number of benzene rings is 1. The van der Waals surface area contributed by atoms with Crippen molar-refractivity contribution in [2.75, 3.05) is 18.4 Å². The van der Waals surface area contributed by atoms with Gasteiger partial charge in [-0.2, -0.15) is 5.10 Å². The Labute approximate surface area is 148 Å². The first kappa shape index (κ1) is 15.5. The molecule has 8 heteroatoms. The van der Waals surface area contributed by atoms with Gasteiger partial charge >= 0.3 is 0 Å². The van der Waals surface area contributed by atoms with E-state index in [0.29, 0.717) is 35.2 Å². The van der Waals surface area contributed by atoms with Gasteiger partial charge in [-0.15, -0.1) is 0 Å². The van der Waals surface area contributed by atoms with Crippen LogP contribution in [-0.4, -0.2) is 40.0 Å². The van der Waals surface area contributed by atoms with Gasteiger partial charge in [0.1, 0.15) is 0 Å². The number of halogens is 2. The summed E-state index contributed by atoms with van der Waals surface area (Å²) < 4.78 is 0. The molecule has 2 N–H and O–H groups in total. The van der Waals surface area contributed by atoms with Crippen molar-refractivity contribution in [2.24, 2.45) is 0 Å². The Morgan fingerprint density at radius 2 is 2.12 bits per heavy atom. The molecule has 124 valence electrons. The van der Waals surface area contributed by atoms with E-state index in [4.69, 9.17) is 23.2 Å². The standard InChI is InChI=1S/C16H14Cl2N4O2/c17-11-4-10-13(5-12(11)18)21-15(24)16(10)1-2-22(8-16)14(23)3-9-6-19-20-7-9/h4-7H,1-3,8H2,(H,19,20)(H,21,24)/t16-/m1/s1. The van der Waals surface area contributed by atoms with E-state index in [0.717, 1.165) is 11.1 Å². The molecule has 2 aliphatic heterocycles. The van der Waals surface area contributed by atoms with Crippen molar-refractivity contribution < 1.29 is 9.59 Å². The Hall–Kier alpha value is -2.05. The van der Waals surface area contributed by atoms with Crippen LogP contribution in [0.5, 0.6) is 0 Å². The number of rotatable bonds is 2. The van der Waals surface area contributed by atoms with Crippen molar-refractivity contribution >= 4 is 40.7 Å². The summed E-state index contributed by atoms with van der Waals surface area (Å²) in [6, 6.07) is 3.41. The predicted molar refractivity (Wildman–Crippen MR) is 90.3 cm³/mol. The van der Waals surface area contributed by atoms with Crippen LogP contribution in [0.4, 0.5) is 5.69 Å². The van der Waals surface area contributed by atoms with Crippen LogP contribution in [0.25, 0.3) is 0 Å². The zero-order chi connectivity index (χ0) is 16.9. The number of fused-ring (bicyclic) bond motifs is 2. The first-order chi connectivity index (χ1) is 11.5. The van der Waals surface area contributed by atoms with E-state index in [1.54, 1.807) is 29.4 Å². The first-order valence-electron chi connectivity index (χ1n) is 7.56. The molecule has 1 spiro atoms. The second kappa shape index (κ2) is 5.50. The maximum atomic E-state index is 12.6. The number of aromatic nitrogens is 2. The average Bonchev–Trinajstić information content (AvgIpc) is 3.24. The molecule has 2 aliphatic rings. The highest BCUT2D eigenvalue weighted by atomic mass is 35.5. The predicted octanol–water partition coefficient (Wildman–Crippen LogP) is 2.38. The minimum absolute atomic E-state index is 0.0189. The average molecular weight is 365 g/mol. The summed E-state index contributed by atoms with van der Waals surface area (Å²) in [4.78, 5) is 26.8. The third-order valence-corrected chi connectivity index (χ3v) is 5.51. The summed E-state index contributed by atoms with van der Waals surface area (Å²) in [5, 5.41) is 10.2. The van der Waals surface area contributed by atoms with Gasteiger partial charge in [-0.05, 0) is 29.7 Å². The summed E-state index contributed by atoms with van der Waals surface area (Å²) in [6.45, 7) is 0.879. The number of aromatic amines is 1. The van der Waals surface area contributed by atoms with Crippen molar-refractivity contribution in [3.8, 4) is 0 Å². The van der Waals surface area contributed by atoms with Crippen LogP contribution in [0.2, 0.25) is 10.0 Å². The molecule has 2 aromatic rings. The van der Waals surface area contributed by atoms with Crippen LogP contribution in [0.1, 0.15) is 17.5 Å². The highest BCUT2D eigenvalue weighted by Gasteiger charge is 2.52. The van der Waals surface area contributed by atoms with E-state index in [1.807, 2.05) is 0 Å². The van der Waals surface area contributed by atoms with Gasteiger partial charge in [0.25, 0.3) is 0 Å². The molecule has 3 heterocycles. The molecule has 0 radical (unpaired) electrons. The van der Waals surface area contributed by atoms with E-state index in [-0.39, 0.29) is 18.2 Å². The molecule has 1 aromatic heterocycles. The Kier molecular flexibility index (Phi) is 3.54. The zero-order valence-corrected chi connectivity index (χ0v) is 14.1. The lowest BCUT2D eigenvalue weighted by Crippen LogP contribution is -2.39. The summed E-state index contributed by atoms with van der Waals surface area (Å²) in [5.41, 5.74) is 1.58. The van der Waals surface area contributed by atoms with Gasteiger partial charge in [-0.1, -0.05) is 23.2 Å². The lowest BCUT2D eigenvalue weighted by molar-refractivity contribution is -0.129. The van der Waals surface area contributed by atoms with Crippen LogP contribution in [-0.2, 0) is 21.4 Å². The van der Waals surface area contributed by atoms with Crippen molar-refractivity contribution in [3.63, 3.8) is 0 Å². The molecule has 1 aromatic carbocycles. The van der Waals surface area contributed by atoms with Crippen molar-refractivity contribution in [1.29, 1.82) is 0 Å². The van der Waals surface area contributed by atoms with Crippen molar-refractivity contribution in [1.82, 2.24) is 15.1 Å². The number of amides is 2. The number of nitrogens with one attached hydrogen (secondary N) is 2. The summed E-state index contributed by atoms with van der Waals surface area (Å²) >= 11 is 12.2. The summed E-state index contributed by atoms with van der Waals surface area (Å²) in [6.07, 6.45) is 4.16. The number of carbonyl (C=O) groups excluding carboxylic acids is 2. The Balaban J connectivity index is 1.61.